The summed E-state index contributed by atoms with van der Waals surface area (Å²) in [6, 6.07) is 0.202. The fourth-order valence-electron chi connectivity index (χ4n) is 2.96. The Balaban J connectivity index is 1.61. The van der Waals surface area contributed by atoms with Crippen LogP contribution in [0.15, 0.2) is 25.0 Å². The van der Waals surface area contributed by atoms with Gasteiger partial charge in [-0.2, -0.15) is 0 Å². The zero-order valence-electron chi connectivity index (χ0n) is 12.4. The third-order valence-electron chi connectivity index (χ3n) is 4.27. The van der Waals surface area contributed by atoms with Crippen LogP contribution in [0.2, 0.25) is 0 Å². The second-order valence-corrected chi connectivity index (χ2v) is 5.52. The molecule has 2 aromatic heterocycles. The topological polar surface area (TPSA) is 68.8 Å². The normalized spacial score (nSPS) is 17.9. The maximum atomic E-state index is 12.6. The highest BCUT2D eigenvalue weighted by Crippen LogP contribution is 2.23. The SMILES string of the molecule is Cc1nccn1C(C)C(=O)N1CCC(n2cnnc2)CC1. The number of amides is 1. The molecule has 0 bridgehead atoms. The molecule has 7 heteroatoms. The Bertz CT molecular complexity index is 597. The summed E-state index contributed by atoms with van der Waals surface area (Å²) in [4.78, 5) is 18.7. The maximum Gasteiger partial charge on any atom is 0.245 e. The minimum atomic E-state index is -0.195. The van der Waals surface area contributed by atoms with E-state index in [2.05, 4.69) is 15.2 Å². The summed E-state index contributed by atoms with van der Waals surface area (Å²) >= 11 is 0. The number of aryl methyl sites for hydroxylation is 1. The first kappa shape index (κ1) is 13.8. The van der Waals surface area contributed by atoms with Crippen molar-refractivity contribution in [2.75, 3.05) is 13.1 Å². The average molecular weight is 288 g/mol. The van der Waals surface area contributed by atoms with Crippen molar-refractivity contribution in [3.63, 3.8) is 0 Å². The number of rotatable bonds is 3. The van der Waals surface area contributed by atoms with Gasteiger partial charge in [0.2, 0.25) is 5.91 Å². The summed E-state index contributed by atoms with van der Waals surface area (Å²) < 4.78 is 3.96. The van der Waals surface area contributed by atoms with Crippen molar-refractivity contribution in [3.8, 4) is 0 Å². The zero-order valence-corrected chi connectivity index (χ0v) is 12.4. The van der Waals surface area contributed by atoms with Gasteiger partial charge in [0.25, 0.3) is 0 Å². The number of nitrogens with zero attached hydrogens (tertiary/aromatic N) is 6. The van der Waals surface area contributed by atoms with Crippen LogP contribution >= 0.6 is 0 Å². The fourth-order valence-corrected chi connectivity index (χ4v) is 2.96. The Morgan fingerprint density at radius 3 is 2.52 bits per heavy atom. The Morgan fingerprint density at radius 2 is 1.95 bits per heavy atom. The van der Waals surface area contributed by atoms with Gasteiger partial charge in [0.05, 0.1) is 0 Å². The van der Waals surface area contributed by atoms with E-state index in [1.165, 1.54) is 0 Å². The van der Waals surface area contributed by atoms with Gasteiger partial charge in [0.1, 0.15) is 24.5 Å². The van der Waals surface area contributed by atoms with Crippen molar-refractivity contribution < 1.29 is 4.79 Å². The predicted octanol–water partition coefficient (Wildman–Crippen LogP) is 1.21. The summed E-state index contributed by atoms with van der Waals surface area (Å²) in [5, 5.41) is 7.69. The van der Waals surface area contributed by atoms with Gasteiger partial charge < -0.3 is 14.0 Å². The second-order valence-electron chi connectivity index (χ2n) is 5.52. The van der Waals surface area contributed by atoms with E-state index in [4.69, 9.17) is 0 Å². The summed E-state index contributed by atoms with van der Waals surface area (Å²) in [6.07, 6.45) is 8.98. The summed E-state index contributed by atoms with van der Waals surface area (Å²) in [5.41, 5.74) is 0. The van der Waals surface area contributed by atoms with Crippen molar-refractivity contribution in [1.82, 2.24) is 29.2 Å². The third kappa shape index (κ3) is 2.68. The lowest BCUT2D eigenvalue weighted by molar-refractivity contribution is -0.135. The van der Waals surface area contributed by atoms with Crippen LogP contribution in [0.5, 0.6) is 0 Å². The minimum absolute atomic E-state index is 0.165. The van der Waals surface area contributed by atoms with Crippen LogP contribution in [0.3, 0.4) is 0 Å². The first-order chi connectivity index (χ1) is 10.2. The van der Waals surface area contributed by atoms with Crippen LogP contribution in [-0.2, 0) is 4.79 Å². The lowest BCUT2D eigenvalue weighted by Crippen LogP contribution is -2.42. The highest BCUT2D eigenvalue weighted by Gasteiger charge is 2.27. The van der Waals surface area contributed by atoms with E-state index in [-0.39, 0.29) is 11.9 Å². The van der Waals surface area contributed by atoms with E-state index in [0.29, 0.717) is 6.04 Å². The molecule has 1 aliphatic rings. The highest BCUT2D eigenvalue weighted by atomic mass is 16.2. The molecular weight excluding hydrogens is 268 g/mol. The van der Waals surface area contributed by atoms with Gasteiger partial charge in [0, 0.05) is 31.5 Å². The lowest BCUT2D eigenvalue weighted by atomic mass is 10.0. The molecule has 1 saturated heterocycles. The van der Waals surface area contributed by atoms with E-state index in [0.717, 1.165) is 31.8 Å². The quantitative estimate of drug-likeness (QED) is 0.851. The number of hydrogen-bond acceptors (Lipinski definition) is 4. The van der Waals surface area contributed by atoms with E-state index in [1.54, 1.807) is 18.9 Å². The number of carbonyl (C=O) groups is 1. The summed E-state index contributed by atoms with van der Waals surface area (Å²) in [5.74, 6) is 1.04. The van der Waals surface area contributed by atoms with Crippen molar-refractivity contribution >= 4 is 5.91 Å². The van der Waals surface area contributed by atoms with Crippen molar-refractivity contribution in [1.29, 1.82) is 0 Å². The van der Waals surface area contributed by atoms with Crippen molar-refractivity contribution in [2.24, 2.45) is 0 Å². The van der Waals surface area contributed by atoms with Crippen LogP contribution in [0.1, 0.15) is 37.7 Å². The number of likely N-dealkylation sites (tertiary alicyclic amines) is 1. The molecule has 3 rings (SSSR count). The molecule has 0 aliphatic carbocycles. The Morgan fingerprint density at radius 1 is 1.29 bits per heavy atom. The van der Waals surface area contributed by atoms with Crippen molar-refractivity contribution in [3.05, 3.63) is 30.9 Å². The standard InChI is InChI=1S/C14H20N6O/c1-11(20-8-5-15-12(20)2)14(21)18-6-3-13(4-7-18)19-9-16-17-10-19/h5,8-11,13H,3-4,6-7H2,1-2H3. The molecule has 1 unspecified atom stereocenters. The fraction of sp³-hybridized carbons (Fsp3) is 0.571. The Kier molecular flexibility index (Phi) is 3.72. The van der Waals surface area contributed by atoms with E-state index < -0.39 is 0 Å². The van der Waals surface area contributed by atoms with E-state index >= 15 is 0 Å². The average Bonchev–Trinajstić information content (AvgIpc) is 3.17. The molecular formula is C14H20N6O. The molecule has 0 radical (unpaired) electrons. The number of carbonyl (C=O) groups excluding carboxylic acids is 1. The first-order valence-corrected chi connectivity index (χ1v) is 7.29. The van der Waals surface area contributed by atoms with E-state index in [1.807, 2.05) is 34.1 Å². The predicted molar refractivity (Wildman–Crippen MR) is 76.5 cm³/mol. The molecule has 0 aromatic carbocycles. The number of imidazole rings is 1. The molecule has 1 amide bonds. The molecule has 3 heterocycles. The first-order valence-electron chi connectivity index (χ1n) is 7.29. The molecule has 7 nitrogen and oxygen atoms in total. The van der Waals surface area contributed by atoms with Crippen LogP contribution in [0, 0.1) is 6.92 Å². The molecule has 0 saturated carbocycles. The lowest BCUT2D eigenvalue weighted by Gasteiger charge is -2.34. The molecule has 0 N–H and O–H groups in total. The molecule has 2 aromatic rings. The van der Waals surface area contributed by atoms with Gasteiger partial charge in [-0.3, -0.25) is 4.79 Å². The minimum Gasteiger partial charge on any atom is -0.341 e. The van der Waals surface area contributed by atoms with E-state index in [9.17, 15) is 4.79 Å². The van der Waals surface area contributed by atoms with Gasteiger partial charge in [-0.1, -0.05) is 0 Å². The number of hydrogen-bond donors (Lipinski definition) is 0. The van der Waals surface area contributed by atoms with Gasteiger partial charge in [-0.05, 0) is 26.7 Å². The summed E-state index contributed by atoms with van der Waals surface area (Å²) in [7, 11) is 0. The van der Waals surface area contributed by atoms with Crippen molar-refractivity contribution in [2.45, 2.75) is 38.8 Å². The Hall–Kier alpha value is -2.18. The van der Waals surface area contributed by atoms with Gasteiger partial charge in [-0.25, -0.2) is 4.98 Å². The molecule has 0 spiro atoms. The van der Waals surface area contributed by atoms with Crippen LogP contribution in [0.25, 0.3) is 0 Å². The third-order valence-corrected chi connectivity index (χ3v) is 4.27. The smallest absolute Gasteiger partial charge is 0.245 e. The molecule has 112 valence electrons. The van der Waals surface area contributed by atoms with Gasteiger partial charge >= 0.3 is 0 Å². The van der Waals surface area contributed by atoms with Crippen LogP contribution in [0.4, 0.5) is 0 Å². The summed E-state index contributed by atoms with van der Waals surface area (Å²) in [6.45, 7) is 5.41. The maximum absolute atomic E-state index is 12.6. The highest BCUT2D eigenvalue weighted by molar-refractivity contribution is 5.80. The molecule has 1 aliphatic heterocycles. The molecule has 1 atom stereocenters. The number of piperidine rings is 1. The molecule has 1 fully saturated rings. The van der Waals surface area contributed by atoms with Gasteiger partial charge in [0.15, 0.2) is 0 Å². The Labute approximate surface area is 123 Å². The second kappa shape index (κ2) is 5.67. The van der Waals surface area contributed by atoms with Gasteiger partial charge in [-0.15, -0.1) is 10.2 Å². The monoisotopic (exact) mass is 288 g/mol. The zero-order chi connectivity index (χ0) is 14.8. The van der Waals surface area contributed by atoms with Crippen LogP contribution in [-0.4, -0.2) is 48.2 Å². The van der Waals surface area contributed by atoms with Crippen LogP contribution < -0.4 is 0 Å². The largest absolute Gasteiger partial charge is 0.341 e. The number of aromatic nitrogens is 5. The molecule has 21 heavy (non-hydrogen) atoms.